The first-order chi connectivity index (χ1) is 13.0. The zero-order valence-corrected chi connectivity index (χ0v) is 15.6. The Bertz CT molecular complexity index is 850. The molecule has 150 valence electrons. The van der Waals surface area contributed by atoms with Crippen LogP contribution in [0.2, 0.25) is 0 Å². The van der Waals surface area contributed by atoms with Gasteiger partial charge in [-0.1, -0.05) is 0 Å². The number of anilines is 1. The number of hydrogen-bond acceptors (Lipinski definition) is 4. The molecule has 0 fully saturated rings. The van der Waals surface area contributed by atoms with Gasteiger partial charge in [-0.05, 0) is 50.6 Å². The maximum atomic E-state index is 12.3. The zero-order valence-electron chi connectivity index (χ0n) is 15.6. The summed E-state index contributed by atoms with van der Waals surface area (Å²) in [5, 5.41) is 5.44. The topological polar surface area (TPSA) is 80.3 Å². The fourth-order valence-corrected chi connectivity index (χ4v) is 2.30. The molecule has 1 heterocycles. The van der Waals surface area contributed by atoms with Crippen molar-refractivity contribution in [3.05, 3.63) is 53.2 Å². The van der Waals surface area contributed by atoms with E-state index in [2.05, 4.69) is 20.4 Å². The van der Waals surface area contributed by atoms with Crippen LogP contribution in [0.15, 0.2) is 36.5 Å². The van der Waals surface area contributed by atoms with Crippen LogP contribution in [-0.2, 0) is 0 Å². The highest BCUT2D eigenvalue weighted by atomic mass is 19.4. The van der Waals surface area contributed by atoms with E-state index in [1.54, 1.807) is 25.1 Å². The van der Waals surface area contributed by atoms with Crippen molar-refractivity contribution in [2.45, 2.75) is 33.0 Å². The molecule has 6 nitrogen and oxygen atoms in total. The Morgan fingerprint density at radius 2 is 1.86 bits per heavy atom. The summed E-state index contributed by atoms with van der Waals surface area (Å²) in [6.07, 6.45) is -3.34. The number of amides is 2. The van der Waals surface area contributed by atoms with Gasteiger partial charge in [-0.15, -0.1) is 0 Å². The van der Waals surface area contributed by atoms with Gasteiger partial charge in [0.1, 0.15) is 0 Å². The summed E-state index contributed by atoms with van der Waals surface area (Å²) in [4.78, 5) is 28.0. The first kappa shape index (κ1) is 21.2. The molecule has 0 saturated heterocycles. The summed E-state index contributed by atoms with van der Waals surface area (Å²) < 4.78 is 40.9. The van der Waals surface area contributed by atoms with Crippen molar-refractivity contribution in [3.8, 4) is 5.88 Å². The van der Waals surface area contributed by atoms with Crippen LogP contribution in [0.1, 0.15) is 40.1 Å². The van der Waals surface area contributed by atoms with Gasteiger partial charge in [-0.25, -0.2) is 4.98 Å². The monoisotopic (exact) mass is 395 g/mol. The predicted octanol–water partition coefficient (Wildman–Crippen LogP) is 3.72. The fourth-order valence-electron chi connectivity index (χ4n) is 2.30. The number of aryl methyl sites for hydroxylation is 1. The van der Waals surface area contributed by atoms with Gasteiger partial charge in [0, 0.05) is 29.6 Å². The second kappa shape index (κ2) is 8.73. The molecule has 1 aromatic heterocycles. The number of nitrogens with zero attached hydrogens (tertiary/aromatic N) is 1. The van der Waals surface area contributed by atoms with Crippen molar-refractivity contribution >= 4 is 17.5 Å². The molecule has 9 heteroatoms. The van der Waals surface area contributed by atoms with E-state index in [1.165, 1.54) is 12.1 Å². The molecule has 0 unspecified atom stereocenters. The van der Waals surface area contributed by atoms with Crippen molar-refractivity contribution in [2.75, 3.05) is 11.9 Å². The lowest BCUT2D eigenvalue weighted by Crippen LogP contribution is -2.30. The van der Waals surface area contributed by atoms with Gasteiger partial charge < -0.3 is 15.4 Å². The first-order valence-corrected chi connectivity index (χ1v) is 8.43. The van der Waals surface area contributed by atoms with E-state index in [-0.39, 0.29) is 23.4 Å². The minimum absolute atomic E-state index is 0.00172. The quantitative estimate of drug-likeness (QED) is 0.781. The maximum Gasteiger partial charge on any atom is 0.422 e. The third-order valence-electron chi connectivity index (χ3n) is 3.53. The average molecular weight is 395 g/mol. The Morgan fingerprint density at radius 1 is 1.14 bits per heavy atom. The molecule has 0 aliphatic rings. The Morgan fingerprint density at radius 3 is 2.39 bits per heavy atom. The van der Waals surface area contributed by atoms with E-state index >= 15 is 0 Å². The van der Waals surface area contributed by atoms with Crippen LogP contribution in [0.3, 0.4) is 0 Å². The first-order valence-electron chi connectivity index (χ1n) is 8.43. The molecule has 0 spiro atoms. The van der Waals surface area contributed by atoms with Gasteiger partial charge >= 0.3 is 6.18 Å². The predicted molar refractivity (Wildman–Crippen MR) is 97.5 cm³/mol. The highest BCUT2D eigenvalue weighted by molar-refractivity contribution is 6.04. The third kappa shape index (κ3) is 6.26. The number of benzene rings is 1. The average Bonchev–Trinajstić information content (AvgIpc) is 2.59. The zero-order chi connectivity index (χ0) is 20.9. The second-order valence-electron chi connectivity index (χ2n) is 6.40. The number of nitrogens with one attached hydrogen (secondary N) is 2. The lowest BCUT2D eigenvalue weighted by atomic mass is 10.1. The van der Waals surface area contributed by atoms with Crippen LogP contribution >= 0.6 is 0 Å². The molecule has 0 bridgehead atoms. The minimum Gasteiger partial charge on any atom is -0.468 e. The largest absolute Gasteiger partial charge is 0.468 e. The number of carbonyl (C=O) groups excluding carboxylic acids is 2. The molecule has 0 aliphatic heterocycles. The van der Waals surface area contributed by atoms with Gasteiger partial charge in [0.05, 0.1) is 5.56 Å². The van der Waals surface area contributed by atoms with Crippen molar-refractivity contribution in [2.24, 2.45) is 0 Å². The summed E-state index contributed by atoms with van der Waals surface area (Å²) in [6, 6.07) is 7.35. The summed E-state index contributed by atoms with van der Waals surface area (Å²) in [5.41, 5.74) is 1.81. The molecule has 0 saturated carbocycles. The van der Waals surface area contributed by atoms with Gasteiger partial charge in [0.25, 0.3) is 11.8 Å². The molecule has 2 aromatic rings. The SMILES string of the molecule is Cc1cc(NC(=O)c2ccc(OCC(F)(F)F)nc2)ccc1C(=O)NC(C)C. The molecule has 28 heavy (non-hydrogen) atoms. The van der Waals surface area contributed by atoms with E-state index in [0.29, 0.717) is 16.8 Å². The van der Waals surface area contributed by atoms with Crippen molar-refractivity contribution < 1.29 is 27.5 Å². The van der Waals surface area contributed by atoms with Crippen LogP contribution < -0.4 is 15.4 Å². The molecular formula is C19H20F3N3O3. The summed E-state index contributed by atoms with van der Waals surface area (Å²) in [7, 11) is 0. The number of aromatic nitrogens is 1. The van der Waals surface area contributed by atoms with E-state index < -0.39 is 18.7 Å². The van der Waals surface area contributed by atoms with Crippen LogP contribution in [0, 0.1) is 6.92 Å². The highest BCUT2D eigenvalue weighted by Gasteiger charge is 2.28. The van der Waals surface area contributed by atoms with Crippen molar-refractivity contribution in [1.82, 2.24) is 10.3 Å². The normalized spacial score (nSPS) is 11.2. The van der Waals surface area contributed by atoms with E-state index in [4.69, 9.17) is 0 Å². The number of pyridine rings is 1. The summed E-state index contributed by atoms with van der Waals surface area (Å²) in [5.74, 6) is -0.928. The smallest absolute Gasteiger partial charge is 0.422 e. The second-order valence-corrected chi connectivity index (χ2v) is 6.40. The van der Waals surface area contributed by atoms with E-state index in [1.807, 2.05) is 13.8 Å². The van der Waals surface area contributed by atoms with Crippen LogP contribution in [0.25, 0.3) is 0 Å². The lowest BCUT2D eigenvalue weighted by Gasteiger charge is -2.12. The van der Waals surface area contributed by atoms with E-state index in [0.717, 1.165) is 6.20 Å². The molecule has 2 amide bonds. The minimum atomic E-state index is -4.46. The van der Waals surface area contributed by atoms with Gasteiger partial charge in [0.2, 0.25) is 5.88 Å². The van der Waals surface area contributed by atoms with Gasteiger partial charge in [-0.3, -0.25) is 9.59 Å². The maximum absolute atomic E-state index is 12.3. The highest BCUT2D eigenvalue weighted by Crippen LogP contribution is 2.19. The number of hydrogen-bond donors (Lipinski definition) is 2. The number of halogens is 3. The van der Waals surface area contributed by atoms with Crippen molar-refractivity contribution in [1.29, 1.82) is 0 Å². The Hall–Kier alpha value is -3.10. The van der Waals surface area contributed by atoms with E-state index in [9.17, 15) is 22.8 Å². The van der Waals surface area contributed by atoms with Crippen LogP contribution in [-0.4, -0.2) is 35.6 Å². The Balaban J connectivity index is 2.02. The summed E-state index contributed by atoms with van der Waals surface area (Å²) in [6.45, 7) is 4.01. The van der Waals surface area contributed by atoms with Crippen molar-refractivity contribution in [3.63, 3.8) is 0 Å². The molecular weight excluding hydrogens is 375 g/mol. The standard InChI is InChI=1S/C19H20F3N3O3/c1-11(2)24-18(27)15-6-5-14(8-12(15)3)25-17(26)13-4-7-16(23-9-13)28-10-19(20,21)22/h4-9,11H,10H2,1-3H3,(H,24,27)(H,25,26). The van der Waals surface area contributed by atoms with Gasteiger partial charge in [-0.2, -0.15) is 13.2 Å². The number of rotatable bonds is 6. The molecule has 2 rings (SSSR count). The fraction of sp³-hybridized carbons (Fsp3) is 0.316. The Labute approximate surface area is 160 Å². The third-order valence-corrected chi connectivity index (χ3v) is 3.53. The number of carbonyl (C=O) groups is 2. The lowest BCUT2D eigenvalue weighted by molar-refractivity contribution is -0.154. The molecule has 0 aliphatic carbocycles. The molecule has 1 aromatic carbocycles. The van der Waals surface area contributed by atoms with Crippen LogP contribution in [0.4, 0.5) is 18.9 Å². The molecule has 0 radical (unpaired) electrons. The number of ether oxygens (including phenoxy) is 1. The Kier molecular flexibility index (Phi) is 6.61. The van der Waals surface area contributed by atoms with Gasteiger partial charge in [0.15, 0.2) is 6.61 Å². The summed E-state index contributed by atoms with van der Waals surface area (Å²) >= 11 is 0. The molecule has 2 N–H and O–H groups in total. The number of alkyl halides is 3. The molecule has 0 atom stereocenters. The van der Waals surface area contributed by atoms with Crippen LogP contribution in [0.5, 0.6) is 5.88 Å².